The first-order valence-electron chi connectivity index (χ1n) is 11.5. The number of carbonyl (C=O) groups is 1. The molecule has 3 aromatic heterocycles. The molecule has 5 rings (SSSR count). The summed E-state index contributed by atoms with van der Waals surface area (Å²) < 4.78 is 33.9. The Balaban J connectivity index is 1.58. The van der Waals surface area contributed by atoms with Gasteiger partial charge in [0.15, 0.2) is 0 Å². The van der Waals surface area contributed by atoms with E-state index in [0.29, 0.717) is 29.7 Å². The third-order valence-electron chi connectivity index (χ3n) is 6.37. The Morgan fingerprint density at radius 2 is 1.91 bits per heavy atom. The molecule has 1 fully saturated rings. The molecule has 35 heavy (non-hydrogen) atoms. The quantitative estimate of drug-likeness (QED) is 0.451. The summed E-state index contributed by atoms with van der Waals surface area (Å²) in [5.41, 5.74) is 0.0293. The number of aliphatic hydroxyl groups is 1. The van der Waals surface area contributed by atoms with Gasteiger partial charge in [0.05, 0.1) is 33.9 Å². The largest absolute Gasteiger partial charge is 0.382 e. The summed E-state index contributed by atoms with van der Waals surface area (Å²) in [6.45, 7) is 4.21. The van der Waals surface area contributed by atoms with Gasteiger partial charge >= 0.3 is 0 Å². The molecule has 0 aliphatic carbocycles. The molecule has 0 radical (unpaired) electrons. The molecule has 1 saturated heterocycles. The molecule has 1 aromatic carbocycles. The van der Waals surface area contributed by atoms with Crippen LogP contribution in [0.5, 0.6) is 0 Å². The second-order valence-electron chi connectivity index (χ2n) is 9.15. The molecule has 1 unspecified atom stereocenters. The van der Waals surface area contributed by atoms with Crippen LogP contribution in [-0.4, -0.2) is 51.5 Å². The van der Waals surface area contributed by atoms with Crippen molar-refractivity contribution in [1.82, 2.24) is 19.0 Å². The Hall–Kier alpha value is -3.50. The van der Waals surface area contributed by atoms with E-state index in [1.54, 1.807) is 48.7 Å². The number of piperidine rings is 1. The number of hydrogen-bond donors (Lipinski definition) is 1. The van der Waals surface area contributed by atoms with Crippen LogP contribution in [0.15, 0.2) is 70.2 Å². The fourth-order valence-electron chi connectivity index (χ4n) is 4.53. The van der Waals surface area contributed by atoms with E-state index in [-0.39, 0.29) is 35.2 Å². The highest BCUT2D eigenvalue weighted by atomic mass is 32.2. The molecule has 1 aliphatic rings. The zero-order valence-electron chi connectivity index (χ0n) is 19.5. The molecular formula is C25H26N4O5S. The second kappa shape index (κ2) is 8.62. The lowest BCUT2D eigenvalue weighted by Crippen LogP contribution is -2.49. The van der Waals surface area contributed by atoms with E-state index in [1.165, 1.54) is 17.0 Å². The fraction of sp³-hybridized carbons (Fsp3) is 0.320. The minimum absolute atomic E-state index is 0.0931. The molecule has 9 nitrogen and oxygen atoms in total. The van der Waals surface area contributed by atoms with Gasteiger partial charge < -0.3 is 14.5 Å². The predicted molar refractivity (Wildman–Crippen MR) is 128 cm³/mol. The van der Waals surface area contributed by atoms with Crippen LogP contribution in [0.4, 0.5) is 0 Å². The van der Waals surface area contributed by atoms with E-state index in [2.05, 4.69) is 10.1 Å². The standard InChI is InChI=1S/C25H26N4O5S/c1-17(2)19-14-22(34-27-19)24(30)28-13-7-11-25(31,16-28)23-15-20-21(10-6-12-26-20)29(23)35(32,33)18-8-4-3-5-9-18/h3-6,8-10,12,14-15,17,31H,7,11,13,16H2,1-2H3. The highest BCUT2D eigenvalue weighted by Gasteiger charge is 2.42. The molecule has 0 saturated carbocycles. The van der Waals surface area contributed by atoms with E-state index in [9.17, 15) is 18.3 Å². The van der Waals surface area contributed by atoms with E-state index < -0.39 is 21.5 Å². The van der Waals surface area contributed by atoms with E-state index in [1.807, 2.05) is 13.8 Å². The number of benzene rings is 1. The number of β-amino-alcohol motifs (C(OH)–C–C–N with tert-alkyl or cyclic N) is 1. The van der Waals surface area contributed by atoms with Crippen molar-refractivity contribution in [2.75, 3.05) is 13.1 Å². The summed E-state index contributed by atoms with van der Waals surface area (Å²) in [5.74, 6) is -0.198. The number of pyridine rings is 1. The van der Waals surface area contributed by atoms with Crippen molar-refractivity contribution < 1.29 is 22.8 Å². The number of amides is 1. The van der Waals surface area contributed by atoms with Crippen molar-refractivity contribution in [1.29, 1.82) is 0 Å². The van der Waals surface area contributed by atoms with Crippen LogP contribution in [-0.2, 0) is 15.6 Å². The normalized spacial score (nSPS) is 18.9. The molecule has 4 aromatic rings. The Bertz CT molecular complexity index is 1490. The van der Waals surface area contributed by atoms with Gasteiger partial charge in [-0.3, -0.25) is 9.78 Å². The lowest BCUT2D eigenvalue weighted by atomic mass is 9.89. The van der Waals surface area contributed by atoms with Gasteiger partial charge in [-0.05, 0) is 49.1 Å². The van der Waals surface area contributed by atoms with Gasteiger partial charge in [-0.2, -0.15) is 0 Å². The van der Waals surface area contributed by atoms with Crippen LogP contribution in [0.1, 0.15) is 54.5 Å². The van der Waals surface area contributed by atoms with Crippen LogP contribution < -0.4 is 0 Å². The maximum atomic E-state index is 13.7. The number of hydrogen-bond acceptors (Lipinski definition) is 7. The molecule has 10 heteroatoms. The first-order valence-corrected chi connectivity index (χ1v) is 12.9. The van der Waals surface area contributed by atoms with Crippen LogP contribution in [0.25, 0.3) is 11.0 Å². The van der Waals surface area contributed by atoms with Gasteiger partial charge in [-0.1, -0.05) is 37.2 Å². The average Bonchev–Trinajstić information content (AvgIpc) is 3.50. The molecule has 0 bridgehead atoms. The number of carbonyl (C=O) groups excluding carboxylic acids is 1. The van der Waals surface area contributed by atoms with Crippen molar-refractivity contribution in [3.05, 3.63) is 77.9 Å². The molecule has 182 valence electrons. The molecule has 1 atom stereocenters. The topological polar surface area (TPSA) is 119 Å². The molecule has 1 amide bonds. The van der Waals surface area contributed by atoms with Crippen molar-refractivity contribution >= 4 is 27.0 Å². The molecule has 4 heterocycles. The maximum absolute atomic E-state index is 13.7. The summed E-state index contributed by atoms with van der Waals surface area (Å²) in [6, 6.07) is 14.6. The second-order valence-corrected chi connectivity index (χ2v) is 10.9. The zero-order valence-corrected chi connectivity index (χ0v) is 20.3. The summed E-state index contributed by atoms with van der Waals surface area (Å²) in [7, 11) is -4.05. The third kappa shape index (κ3) is 4.02. The van der Waals surface area contributed by atoms with E-state index in [4.69, 9.17) is 4.52 Å². The Kier molecular flexibility index (Phi) is 5.72. The van der Waals surface area contributed by atoms with E-state index in [0.717, 1.165) is 3.97 Å². The average molecular weight is 495 g/mol. The predicted octanol–water partition coefficient (Wildman–Crippen LogP) is 3.51. The number of likely N-dealkylation sites (tertiary alicyclic amines) is 1. The third-order valence-corrected chi connectivity index (χ3v) is 8.12. The Morgan fingerprint density at radius 3 is 2.63 bits per heavy atom. The van der Waals surface area contributed by atoms with Gasteiger partial charge in [0, 0.05) is 18.8 Å². The summed E-state index contributed by atoms with van der Waals surface area (Å²) in [5, 5.41) is 15.8. The highest BCUT2D eigenvalue weighted by molar-refractivity contribution is 7.90. The summed E-state index contributed by atoms with van der Waals surface area (Å²) in [4.78, 5) is 19.1. The van der Waals surface area contributed by atoms with Gasteiger partial charge in [0.2, 0.25) is 5.76 Å². The molecule has 1 aliphatic heterocycles. The Labute approximate surface area is 203 Å². The number of rotatable bonds is 5. The van der Waals surface area contributed by atoms with Gasteiger partial charge in [0.1, 0.15) is 5.60 Å². The smallest absolute Gasteiger partial charge is 0.292 e. The first-order chi connectivity index (χ1) is 16.7. The molecule has 0 spiro atoms. The van der Waals surface area contributed by atoms with Crippen molar-refractivity contribution in [3.63, 3.8) is 0 Å². The van der Waals surface area contributed by atoms with Crippen LogP contribution in [0.2, 0.25) is 0 Å². The lowest BCUT2D eigenvalue weighted by Gasteiger charge is -2.39. The van der Waals surface area contributed by atoms with Gasteiger partial charge in [0.25, 0.3) is 15.9 Å². The van der Waals surface area contributed by atoms with Crippen molar-refractivity contribution in [3.8, 4) is 0 Å². The monoisotopic (exact) mass is 494 g/mol. The van der Waals surface area contributed by atoms with Crippen molar-refractivity contribution in [2.24, 2.45) is 0 Å². The molecular weight excluding hydrogens is 468 g/mol. The van der Waals surface area contributed by atoms with Crippen LogP contribution in [0, 0.1) is 0 Å². The van der Waals surface area contributed by atoms with Gasteiger partial charge in [-0.15, -0.1) is 0 Å². The zero-order chi connectivity index (χ0) is 24.8. The molecule has 1 N–H and O–H groups in total. The summed E-state index contributed by atoms with van der Waals surface area (Å²) >= 11 is 0. The maximum Gasteiger partial charge on any atom is 0.292 e. The minimum atomic E-state index is -4.05. The van der Waals surface area contributed by atoms with Crippen molar-refractivity contribution in [2.45, 2.75) is 43.1 Å². The van der Waals surface area contributed by atoms with Crippen LogP contribution in [0.3, 0.4) is 0 Å². The number of nitrogens with zero attached hydrogens (tertiary/aromatic N) is 4. The van der Waals surface area contributed by atoms with Gasteiger partial charge in [-0.25, -0.2) is 12.4 Å². The minimum Gasteiger partial charge on any atom is -0.382 e. The fourth-order valence-corrected chi connectivity index (χ4v) is 6.13. The number of fused-ring (bicyclic) bond motifs is 1. The lowest BCUT2D eigenvalue weighted by molar-refractivity contribution is -0.0331. The van der Waals surface area contributed by atoms with E-state index >= 15 is 0 Å². The van der Waals surface area contributed by atoms with Crippen LogP contribution >= 0.6 is 0 Å². The summed E-state index contributed by atoms with van der Waals surface area (Å²) in [6.07, 6.45) is 2.33. The SMILES string of the molecule is CC(C)c1cc(C(=O)N2CCCC(O)(c3cc4ncccc4n3S(=O)(=O)c3ccccc3)C2)on1. The Morgan fingerprint density at radius 1 is 1.14 bits per heavy atom. The highest BCUT2D eigenvalue weighted by Crippen LogP contribution is 2.37. The first kappa shape index (κ1) is 23.3. The number of aromatic nitrogens is 3.